The topological polar surface area (TPSA) is 25.2 Å². The van der Waals surface area contributed by atoms with Crippen molar-refractivity contribution in [2.24, 2.45) is 0 Å². The van der Waals surface area contributed by atoms with Gasteiger partial charge in [-0.05, 0) is 48.0 Å². The summed E-state index contributed by atoms with van der Waals surface area (Å²) in [7, 11) is 0. The summed E-state index contributed by atoms with van der Waals surface area (Å²) in [6.45, 7) is 5.10. The van der Waals surface area contributed by atoms with Gasteiger partial charge >= 0.3 is 0 Å². The first-order chi connectivity index (χ1) is 8.63. The zero-order chi connectivity index (χ0) is 13.1. The number of thiophene rings is 1. The summed E-state index contributed by atoms with van der Waals surface area (Å²) >= 11 is 11.2. The Morgan fingerprint density at radius 2 is 2.33 bits per heavy atom. The van der Waals surface area contributed by atoms with Crippen LogP contribution in [0.5, 0.6) is 0 Å². The molecule has 1 N–H and O–H groups in total. The van der Waals surface area contributed by atoms with Crippen LogP contribution in [0.1, 0.15) is 35.6 Å². The van der Waals surface area contributed by atoms with Gasteiger partial charge in [-0.25, -0.2) is 0 Å². The molecule has 0 saturated heterocycles. The van der Waals surface area contributed by atoms with Gasteiger partial charge in [0.2, 0.25) is 0 Å². The number of hydrogen-bond acceptors (Lipinski definition) is 3. The van der Waals surface area contributed by atoms with Gasteiger partial charge in [0, 0.05) is 14.9 Å². The number of halogens is 2. The zero-order valence-corrected chi connectivity index (χ0v) is 13.5. The highest BCUT2D eigenvalue weighted by Crippen LogP contribution is 2.38. The van der Waals surface area contributed by atoms with Gasteiger partial charge in [0.25, 0.3) is 0 Å². The van der Waals surface area contributed by atoms with Gasteiger partial charge in [-0.15, -0.1) is 11.3 Å². The predicted octanol–water partition coefficient (Wildman–Crippen LogP) is 5.15. The van der Waals surface area contributed by atoms with Crippen LogP contribution in [-0.2, 0) is 0 Å². The minimum atomic E-state index is 0.150. The van der Waals surface area contributed by atoms with Crippen LogP contribution in [0.15, 0.2) is 27.3 Å². The van der Waals surface area contributed by atoms with Crippen molar-refractivity contribution >= 4 is 38.9 Å². The Morgan fingerprint density at radius 1 is 1.56 bits per heavy atom. The Labute approximate surface area is 124 Å². The lowest BCUT2D eigenvalue weighted by molar-refractivity contribution is 0.518. The van der Waals surface area contributed by atoms with E-state index in [-0.39, 0.29) is 6.04 Å². The Bertz CT molecular complexity index is 503. The molecule has 1 unspecified atom stereocenters. The number of nitrogens with one attached hydrogen (secondary N) is 1. The van der Waals surface area contributed by atoms with E-state index >= 15 is 0 Å². The summed E-state index contributed by atoms with van der Waals surface area (Å²) in [5.41, 5.74) is 1.17. The van der Waals surface area contributed by atoms with Crippen molar-refractivity contribution in [2.75, 3.05) is 6.54 Å². The van der Waals surface area contributed by atoms with Crippen LogP contribution in [-0.4, -0.2) is 6.54 Å². The third kappa shape index (κ3) is 2.99. The summed E-state index contributed by atoms with van der Waals surface area (Å²) in [6.07, 6.45) is 2.82. The highest BCUT2D eigenvalue weighted by atomic mass is 79.9. The largest absolute Gasteiger partial charge is 0.469 e. The molecule has 0 amide bonds. The molecule has 2 aromatic rings. The molecule has 0 bridgehead atoms. The molecule has 98 valence electrons. The molecule has 2 nitrogen and oxygen atoms in total. The molecule has 1 atom stereocenters. The third-order valence-electron chi connectivity index (χ3n) is 2.76. The highest BCUT2D eigenvalue weighted by Gasteiger charge is 2.20. The van der Waals surface area contributed by atoms with Crippen molar-refractivity contribution in [3.63, 3.8) is 0 Å². The number of aryl methyl sites for hydroxylation is 1. The van der Waals surface area contributed by atoms with Gasteiger partial charge < -0.3 is 9.73 Å². The van der Waals surface area contributed by atoms with E-state index in [1.54, 1.807) is 17.6 Å². The summed E-state index contributed by atoms with van der Waals surface area (Å²) < 4.78 is 7.14. The number of hydrogen-bond donors (Lipinski definition) is 1. The van der Waals surface area contributed by atoms with Crippen molar-refractivity contribution in [1.82, 2.24) is 5.32 Å². The lowest BCUT2D eigenvalue weighted by atomic mass is 10.1. The maximum atomic E-state index is 6.13. The van der Waals surface area contributed by atoms with Crippen LogP contribution in [0, 0.1) is 6.92 Å². The molecule has 0 spiro atoms. The molecular weight excluding hydrogens is 334 g/mol. The molecule has 2 heterocycles. The van der Waals surface area contributed by atoms with Gasteiger partial charge in [-0.1, -0.05) is 18.5 Å². The SMILES string of the molecule is CCCNC(c1cc(Br)c(Cl)s1)c1ccoc1C. The smallest absolute Gasteiger partial charge is 0.107 e. The molecular formula is C13H15BrClNOS. The molecule has 2 aromatic heterocycles. The van der Waals surface area contributed by atoms with Crippen molar-refractivity contribution in [2.45, 2.75) is 26.3 Å². The molecule has 5 heteroatoms. The third-order valence-corrected chi connectivity index (χ3v) is 5.30. The maximum absolute atomic E-state index is 6.13. The van der Waals surface area contributed by atoms with Crippen LogP contribution in [0.4, 0.5) is 0 Å². The monoisotopic (exact) mass is 347 g/mol. The van der Waals surface area contributed by atoms with Crippen LogP contribution >= 0.6 is 38.9 Å². The molecule has 0 aromatic carbocycles. The van der Waals surface area contributed by atoms with Crippen molar-refractivity contribution in [3.05, 3.63) is 43.4 Å². The highest BCUT2D eigenvalue weighted by molar-refractivity contribution is 9.10. The lowest BCUT2D eigenvalue weighted by Crippen LogP contribution is -2.22. The molecule has 0 fully saturated rings. The van der Waals surface area contributed by atoms with Gasteiger partial charge in [0.15, 0.2) is 0 Å². The van der Waals surface area contributed by atoms with Crippen molar-refractivity contribution < 1.29 is 4.42 Å². The first kappa shape index (κ1) is 14.1. The summed E-state index contributed by atoms with van der Waals surface area (Å²) in [4.78, 5) is 1.20. The van der Waals surface area contributed by atoms with Gasteiger partial charge in [-0.2, -0.15) is 0 Å². The van der Waals surface area contributed by atoms with Crippen molar-refractivity contribution in [3.8, 4) is 0 Å². The second-order valence-electron chi connectivity index (χ2n) is 4.09. The van der Waals surface area contributed by atoms with E-state index in [0.29, 0.717) is 0 Å². The minimum absolute atomic E-state index is 0.150. The van der Waals surface area contributed by atoms with E-state index in [9.17, 15) is 0 Å². The van der Waals surface area contributed by atoms with E-state index in [4.69, 9.17) is 16.0 Å². The van der Waals surface area contributed by atoms with Gasteiger partial charge in [-0.3, -0.25) is 0 Å². The molecule has 0 aliphatic rings. The second kappa shape index (κ2) is 6.24. The summed E-state index contributed by atoms with van der Waals surface area (Å²) in [6, 6.07) is 4.24. The van der Waals surface area contributed by atoms with Crippen molar-refractivity contribution in [1.29, 1.82) is 0 Å². The minimum Gasteiger partial charge on any atom is -0.469 e. The lowest BCUT2D eigenvalue weighted by Gasteiger charge is -2.16. The van der Waals surface area contributed by atoms with Crippen LogP contribution in [0.25, 0.3) is 0 Å². The first-order valence-corrected chi connectivity index (χ1v) is 7.84. The van der Waals surface area contributed by atoms with Crippen LogP contribution in [0.2, 0.25) is 4.34 Å². The standard InChI is InChI=1S/C13H15BrClNOS/c1-3-5-16-12(9-4-6-17-8(9)2)11-7-10(14)13(15)18-11/h4,6-7,12,16H,3,5H2,1-2H3. The molecule has 0 saturated carbocycles. The number of rotatable bonds is 5. The average molecular weight is 349 g/mol. The average Bonchev–Trinajstić information content (AvgIpc) is 2.88. The van der Waals surface area contributed by atoms with E-state index in [1.807, 2.05) is 13.0 Å². The Balaban J connectivity index is 2.33. The normalized spacial score (nSPS) is 12.9. The summed E-state index contributed by atoms with van der Waals surface area (Å²) in [5, 5.41) is 3.54. The second-order valence-corrected chi connectivity index (χ2v) is 6.63. The van der Waals surface area contributed by atoms with Gasteiger partial charge in [0.05, 0.1) is 12.3 Å². The fraction of sp³-hybridized carbons (Fsp3) is 0.385. The first-order valence-electron chi connectivity index (χ1n) is 5.85. The molecule has 2 rings (SSSR count). The molecule has 0 radical (unpaired) electrons. The fourth-order valence-electron chi connectivity index (χ4n) is 1.85. The Morgan fingerprint density at radius 3 is 2.83 bits per heavy atom. The fourth-order valence-corrected chi connectivity index (χ4v) is 3.68. The summed E-state index contributed by atoms with van der Waals surface area (Å²) in [5.74, 6) is 0.948. The Kier molecular flexibility index (Phi) is 4.90. The van der Waals surface area contributed by atoms with Gasteiger partial charge in [0.1, 0.15) is 10.1 Å². The molecule has 18 heavy (non-hydrogen) atoms. The van der Waals surface area contributed by atoms with Crippen LogP contribution < -0.4 is 5.32 Å². The van der Waals surface area contributed by atoms with E-state index in [2.05, 4.69) is 34.2 Å². The van der Waals surface area contributed by atoms with Crippen LogP contribution in [0.3, 0.4) is 0 Å². The Hall–Kier alpha value is -0.290. The number of furan rings is 1. The zero-order valence-electron chi connectivity index (χ0n) is 10.3. The predicted molar refractivity (Wildman–Crippen MR) is 80.6 cm³/mol. The van der Waals surface area contributed by atoms with E-state index in [0.717, 1.165) is 27.5 Å². The molecule has 0 aliphatic heterocycles. The van der Waals surface area contributed by atoms with E-state index in [1.165, 1.54) is 10.4 Å². The van der Waals surface area contributed by atoms with E-state index < -0.39 is 0 Å². The maximum Gasteiger partial charge on any atom is 0.107 e. The quantitative estimate of drug-likeness (QED) is 0.808. The molecule has 0 aliphatic carbocycles.